The predicted molar refractivity (Wildman–Crippen MR) is 87.4 cm³/mol. The molecular formula is C16H24F3NO3S. The molecule has 0 amide bonds. The van der Waals surface area contributed by atoms with Gasteiger partial charge in [0, 0.05) is 11.6 Å². The van der Waals surface area contributed by atoms with Gasteiger partial charge in [0.05, 0.1) is 27.9 Å². The molecule has 0 aliphatic heterocycles. The quantitative estimate of drug-likeness (QED) is 0.724. The Labute approximate surface area is 142 Å². The largest absolute Gasteiger partial charge is 0.393 e. The van der Waals surface area contributed by atoms with Crippen molar-refractivity contribution in [3.05, 3.63) is 35.1 Å². The smallest absolute Gasteiger partial charge is 0.306 e. The Hall–Kier alpha value is -0.960. The Kier molecular flexibility index (Phi) is 6.25. The molecule has 3 atom stereocenters. The standard InChI is InChI=1S/C16H24F3NO3S/c1-10(20-24(23)14(2,3)4)11-7-6-8-12(13(11)17)16(18,19)15(5,22)9-21/h6-8,10,20-22H,9H2,1-5H3/t10?,15?,24-/m1/s1. The van der Waals surface area contributed by atoms with E-state index in [1.165, 1.54) is 19.1 Å². The third kappa shape index (κ3) is 4.17. The first-order valence-corrected chi connectivity index (χ1v) is 8.58. The van der Waals surface area contributed by atoms with Crippen LogP contribution in [-0.4, -0.2) is 31.4 Å². The van der Waals surface area contributed by atoms with Crippen LogP contribution in [0.25, 0.3) is 0 Å². The van der Waals surface area contributed by atoms with Crippen LogP contribution < -0.4 is 4.72 Å². The summed E-state index contributed by atoms with van der Waals surface area (Å²) in [4.78, 5) is 0. The molecule has 24 heavy (non-hydrogen) atoms. The van der Waals surface area contributed by atoms with Crippen LogP contribution in [0.3, 0.4) is 0 Å². The second kappa shape index (κ2) is 7.11. The maximum Gasteiger partial charge on any atom is 0.306 e. The Morgan fingerprint density at radius 1 is 1.25 bits per heavy atom. The lowest BCUT2D eigenvalue weighted by Crippen LogP contribution is -2.47. The summed E-state index contributed by atoms with van der Waals surface area (Å²) >= 11 is 0. The zero-order valence-electron chi connectivity index (χ0n) is 14.4. The number of nitrogens with one attached hydrogen (secondary N) is 1. The van der Waals surface area contributed by atoms with Crippen molar-refractivity contribution >= 4 is 11.0 Å². The highest BCUT2D eigenvalue weighted by atomic mass is 32.2. The van der Waals surface area contributed by atoms with Crippen molar-refractivity contribution in [1.82, 2.24) is 4.72 Å². The minimum Gasteiger partial charge on any atom is -0.393 e. The molecule has 0 aromatic heterocycles. The molecule has 0 saturated carbocycles. The van der Waals surface area contributed by atoms with Crippen molar-refractivity contribution in [2.24, 2.45) is 0 Å². The summed E-state index contributed by atoms with van der Waals surface area (Å²) < 4.78 is 57.5. The van der Waals surface area contributed by atoms with Gasteiger partial charge in [0.25, 0.3) is 0 Å². The Bertz CT molecular complexity index is 615. The van der Waals surface area contributed by atoms with Crippen LogP contribution in [0, 0.1) is 5.82 Å². The molecular weight excluding hydrogens is 343 g/mol. The fourth-order valence-corrected chi connectivity index (χ4v) is 2.72. The van der Waals surface area contributed by atoms with Crippen molar-refractivity contribution in [1.29, 1.82) is 0 Å². The molecule has 1 aromatic carbocycles. The van der Waals surface area contributed by atoms with E-state index < -0.39 is 51.3 Å². The average Bonchev–Trinajstić information content (AvgIpc) is 2.45. The van der Waals surface area contributed by atoms with Crippen LogP contribution in [-0.2, 0) is 16.9 Å². The van der Waals surface area contributed by atoms with Gasteiger partial charge in [0.1, 0.15) is 5.82 Å². The van der Waals surface area contributed by atoms with E-state index in [4.69, 9.17) is 5.11 Å². The lowest BCUT2D eigenvalue weighted by atomic mass is 9.90. The summed E-state index contributed by atoms with van der Waals surface area (Å²) in [6.45, 7) is 6.18. The molecule has 0 heterocycles. The molecule has 4 nitrogen and oxygen atoms in total. The second-order valence-corrected chi connectivity index (χ2v) is 8.93. The summed E-state index contributed by atoms with van der Waals surface area (Å²) in [7, 11) is -1.52. The van der Waals surface area contributed by atoms with Crippen molar-refractivity contribution in [3.63, 3.8) is 0 Å². The zero-order chi connectivity index (χ0) is 18.9. The molecule has 1 rings (SSSR count). The molecule has 0 aliphatic rings. The Morgan fingerprint density at radius 2 is 1.79 bits per heavy atom. The van der Waals surface area contributed by atoms with Crippen molar-refractivity contribution in [2.75, 3.05) is 6.61 Å². The fraction of sp³-hybridized carbons (Fsp3) is 0.625. The third-order valence-electron chi connectivity index (χ3n) is 3.66. The van der Waals surface area contributed by atoms with E-state index in [9.17, 15) is 22.5 Å². The van der Waals surface area contributed by atoms with E-state index in [1.54, 1.807) is 20.8 Å². The molecule has 0 aliphatic carbocycles. The number of hydrogen-bond donors (Lipinski definition) is 3. The highest BCUT2D eigenvalue weighted by molar-refractivity contribution is 7.84. The van der Waals surface area contributed by atoms with Gasteiger partial charge in [0.2, 0.25) is 0 Å². The van der Waals surface area contributed by atoms with Crippen LogP contribution in [0.4, 0.5) is 13.2 Å². The van der Waals surface area contributed by atoms with E-state index in [2.05, 4.69) is 4.72 Å². The van der Waals surface area contributed by atoms with Gasteiger partial charge in [-0.15, -0.1) is 0 Å². The molecule has 0 fully saturated rings. The predicted octanol–water partition coefficient (Wildman–Crippen LogP) is 2.77. The molecule has 138 valence electrons. The second-order valence-electron chi connectivity index (χ2n) is 6.94. The normalized spacial score (nSPS) is 18.1. The summed E-state index contributed by atoms with van der Waals surface area (Å²) in [5, 5.41) is 18.6. The lowest BCUT2D eigenvalue weighted by molar-refractivity contribution is -0.197. The van der Waals surface area contributed by atoms with Crippen LogP contribution in [0.5, 0.6) is 0 Å². The third-order valence-corrected chi connectivity index (χ3v) is 5.34. The maximum atomic E-state index is 14.6. The SMILES string of the molecule is CC(N[S@](=O)C(C)(C)C)c1cccc(C(F)(F)C(C)(O)CO)c1F. The average molecular weight is 367 g/mol. The molecule has 0 bridgehead atoms. The molecule has 2 unspecified atom stereocenters. The van der Waals surface area contributed by atoms with Gasteiger partial charge in [0.15, 0.2) is 5.60 Å². The van der Waals surface area contributed by atoms with E-state index in [0.29, 0.717) is 0 Å². The van der Waals surface area contributed by atoms with E-state index >= 15 is 0 Å². The monoisotopic (exact) mass is 367 g/mol. The first-order valence-electron chi connectivity index (χ1n) is 7.43. The van der Waals surface area contributed by atoms with Crippen molar-refractivity contribution in [2.45, 2.75) is 56.9 Å². The summed E-state index contributed by atoms with van der Waals surface area (Å²) in [6.07, 6.45) is 0. The first kappa shape index (κ1) is 21.1. The van der Waals surface area contributed by atoms with Gasteiger partial charge in [-0.25, -0.2) is 13.3 Å². The molecule has 8 heteroatoms. The molecule has 1 aromatic rings. The molecule has 3 N–H and O–H groups in total. The topological polar surface area (TPSA) is 69.6 Å². The van der Waals surface area contributed by atoms with Gasteiger partial charge < -0.3 is 10.2 Å². The highest BCUT2D eigenvalue weighted by Gasteiger charge is 2.52. The molecule has 0 saturated heterocycles. The highest BCUT2D eigenvalue weighted by Crippen LogP contribution is 2.41. The number of benzene rings is 1. The van der Waals surface area contributed by atoms with E-state index in [-0.39, 0.29) is 5.56 Å². The number of hydrogen-bond acceptors (Lipinski definition) is 3. The Morgan fingerprint density at radius 3 is 2.25 bits per heavy atom. The maximum absolute atomic E-state index is 14.6. The van der Waals surface area contributed by atoms with Gasteiger partial charge in [-0.3, -0.25) is 0 Å². The van der Waals surface area contributed by atoms with Gasteiger partial charge in [-0.1, -0.05) is 12.1 Å². The van der Waals surface area contributed by atoms with Crippen molar-refractivity contribution in [3.8, 4) is 0 Å². The fourth-order valence-electron chi connectivity index (χ4n) is 1.92. The summed E-state index contributed by atoms with van der Waals surface area (Å²) in [5.41, 5.74) is -3.93. The van der Waals surface area contributed by atoms with Gasteiger partial charge in [-0.2, -0.15) is 8.78 Å². The Balaban J connectivity index is 3.25. The number of halogens is 3. The minimum atomic E-state index is -4.00. The number of rotatable bonds is 6. The van der Waals surface area contributed by atoms with Crippen LogP contribution in [0.15, 0.2) is 18.2 Å². The minimum absolute atomic E-state index is 0.0986. The number of alkyl halides is 2. The van der Waals surface area contributed by atoms with Crippen LogP contribution >= 0.6 is 0 Å². The van der Waals surface area contributed by atoms with Crippen molar-refractivity contribution < 1.29 is 27.6 Å². The lowest BCUT2D eigenvalue weighted by Gasteiger charge is -2.32. The molecule has 0 spiro atoms. The summed E-state index contributed by atoms with van der Waals surface area (Å²) in [6, 6.07) is 2.60. The van der Waals surface area contributed by atoms with Crippen LogP contribution in [0.2, 0.25) is 0 Å². The van der Waals surface area contributed by atoms with Gasteiger partial charge in [-0.05, 0) is 40.7 Å². The van der Waals surface area contributed by atoms with Crippen LogP contribution in [0.1, 0.15) is 51.8 Å². The van der Waals surface area contributed by atoms with Gasteiger partial charge >= 0.3 is 5.92 Å². The first-order chi connectivity index (χ1) is 10.8. The van der Waals surface area contributed by atoms with E-state index in [0.717, 1.165) is 13.0 Å². The zero-order valence-corrected chi connectivity index (χ0v) is 15.2. The van der Waals surface area contributed by atoms with E-state index in [1.807, 2.05) is 0 Å². The number of aliphatic hydroxyl groups is 2. The molecule has 0 radical (unpaired) electrons. The number of aliphatic hydroxyl groups excluding tert-OH is 1. The summed E-state index contributed by atoms with van der Waals surface area (Å²) in [5.74, 6) is -5.20.